The van der Waals surface area contributed by atoms with E-state index in [4.69, 9.17) is 4.84 Å². The van der Waals surface area contributed by atoms with Crippen LogP contribution in [-0.4, -0.2) is 28.6 Å². The molecule has 2 aliphatic rings. The largest absolute Gasteiger partial charge is 0.381 e. The molecule has 0 unspecified atom stereocenters. The van der Waals surface area contributed by atoms with Crippen molar-refractivity contribution in [2.24, 2.45) is 11.1 Å². The number of hydrogen-bond donors (Lipinski definition) is 0. The summed E-state index contributed by atoms with van der Waals surface area (Å²) in [6.07, 6.45) is -1.04. The lowest BCUT2D eigenvalue weighted by Gasteiger charge is -2.15. The fraction of sp³-hybridized carbons (Fsp3) is 0.118. The molecule has 2 atom stereocenters. The first-order valence-electron chi connectivity index (χ1n) is 7.49. The number of nitrogens with zero attached hydrogens (tertiary/aromatic N) is 3. The van der Waals surface area contributed by atoms with Crippen molar-refractivity contribution < 1.29 is 19.3 Å². The van der Waals surface area contributed by atoms with Gasteiger partial charge in [-0.1, -0.05) is 35.5 Å². The molecule has 1 fully saturated rings. The van der Waals surface area contributed by atoms with E-state index in [0.717, 1.165) is 4.90 Å². The molecule has 8 nitrogen and oxygen atoms in total. The van der Waals surface area contributed by atoms with E-state index >= 15 is 0 Å². The van der Waals surface area contributed by atoms with Crippen LogP contribution in [0.25, 0.3) is 0 Å². The molecule has 2 aromatic carbocycles. The number of rotatable bonds is 3. The number of oxime groups is 1. The minimum Gasteiger partial charge on any atom is -0.381 e. The highest BCUT2D eigenvalue weighted by Gasteiger charge is 2.56. The van der Waals surface area contributed by atoms with E-state index in [-0.39, 0.29) is 11.4 Å². The van der Waals surface area contributed by atoms with Crippen LogP contribution in [0.2, 0.25) is 0 Å². The van der Waals surface area contributed by atoms with Crippen molar-refractivity contribution in [1.82, 2.24) is 0 Å². The maximum absolute atomic E-state index is 12.8. The van der Waals surface area contributed by atoms with Gasteiger partial charge in [0.2, 0.25) is 12.0 Å². The Morgan fingerprint density at radius 1 is 1.04 bits per heavy atom. The molecule has 2 aromatic rings. The fourth-order valence-corrected chi connectivity index (χ4v) is 3.03. The molecule has 25 heavy (non-hydrogen) atoms. The molecule has 0 radical (unpaired) electrons. The first-order valence-corrected chi connectivity index (χ1v) is 7.49. The smallest absolute Gasteiger partial charge is 0.278 e. The third-order valence-electron chi connectivity index (χ3n) is 4.18. The quantitative estimate of drug-likeness (QED) is 0.483. The first kappa shape index (κ1) is 15.0. The molecule has 0 N–H and O–H groups in total. The molecule has 0 bridgehead atoms. The summed E-state index contributed by atoms with van der Waals surface area (Å²) < 4.78 is 0. The molecule has 2 amide bonds. The molecule has 4 rings (SSSR count). The zero-order valence-corrected chi connectivity index (χ0v) is 12.7. The minimum atomic E-state index is -1.04. The topological polar surface area (TPSA) is 102 Å². The van der Waals surface area contributed by atoms with Crippen LogP contribution in [0.15, 0.2) is 59.8 Å². The third-order valence-corrected chi connectivity index (χ3v) is 4.18. The molecule has 124 valence electrons. The van der Waals surface area contributed by atoms with Gasteiger partial charge in [-0.05, 0) is 12.1 Å². The number of nitro benzene ring substituents is 1. The van der Waals surface area contributed by atoms with Gasteiger partial charge in [0.25, 0.3) is 11.6 Å². The number of anilines is 1. The average molecular weight is 337 g/mol. The Hall–Kier alpha value is -3.55. The summed E-state index contributed by atoms with van der Waals surface area (Å²) >= 11 is 0. The van der Waals surface area contributed by atoms with Gasteiger partial charge in [-0.2, -0.15) is 0 Å². The average Bonchev–Trinajstić information content (AvgIpc) is 3.16. The van der Waals surface area contributed by atoms with E-state index in [9.17, 15) is 19.7 Å². The fourth-order valence-electron chi connectivity index (χ4n) is 3.03. The van der Waals surface area contributed by atoms with Crippen molar-refractivity contribution in [2.45, 2.75) is 6.10 Å². The van der Waals surface area contributed by atoms with Crippen LogP contribution in [-0.2, 0) is 14.4 Å². The number of fused-ring (bicyclic) bond motifs is 1. The molecule has 0 aromatic heterocycles. The highest BCUT2D eigenvalue weighted by molar-refractivity contribution is 6.32. The summed E-state index contributed by atoms with van der Waals surface area (Å²) in [6, 6.07) is 14.3. The highest BCUT2D eigenvalue weighted by Crippen LogP contribution is 2.35. The van der Waals surface area contributed by atoms with Gasteiger partial charge in [0, 0.05) is 17.7 Å². The molecule has 1 saturated heterocycles. The number of nitro groups is 1. The zero-order chi connectivity index (χ0) is 17.6. The van der Waals surface area contributed by atoms with Gasteiger partial charge in [-0.3, -0.25) is 19.7 Å². The second-order valence-electron chi connectivity index (χ2n) is 5.64. The maximum atomic E-state index is 12.8. The molecule has 2 heterocycles. The Labute approximate surface area is 141 Å². The SMILES string of the molecule is O=C1[C@@H]2C(c3cccc([N+](=O)[O-])c3)=NO[C@@H]2C(=O)N1c1ccccc1. The van der Waals surface area contributed by atoms with Crippen LogP contribution in [0.1, 0.15) is 5.56 Å². The minimum absolute atomic E-state index is 0.125. The second kappa shape index (κ2) is 5.52. The zero-order valence-electron chi connectivity index (χ0n) is 12.7. The Morgan fingerprint density at radius 2 is 1.80 bits per heavy atom. The molecule has 0 aliphatic carbocycles. The van der Waals surface area contributed by atoms with Crippen molar-refractivity contribution in [3.05, 3.63) is 70.3 Å². The van der Waals surface area contributed by atoms with Gasteiger partial charge in [-0.15, -0.1) is 0 Å². The van der Waals surface area contributed by atoms with Crippen LogP contribution in [0, 0.1) is 16.0 Å². The standard InChI is InChI=1S/C17H11N3O5/c21-16-13-14(10-5-4-8-12(9-10)20(23)24)18-25-15(13)17(22)19(16)11-6-2-1-3-7-11/h1-9,13,15H/t13-,15+/m1/s1. The molecular weight excluding hydrogens is 326 g/mol. The number of carbonyl (C=O) groups excluding carboxylic acids is 2. The molecule has 8 heteroatoms. The number of amides is 2. The van der Waals surface area contributed by atoms with E-state index in [1.165, 1.54) is 18.2 Å². The van der Waals surface area contributed by atoms with Crippen molar-refractivity contribution in [3.8, 4) is 0 Å². The summed E-state index contributed by atoms with van der Waals surface area (Å²) in [7, 11) is 0. The lowest BCUT2D eigenvalue weighted by atomic mass is 9.94. The van der Waals surface area contributed by atoms with Gasteiger partial charge in [0.05, 0.1) is 10.6 Å². The Kier molecular flexibility index (Phi) is 3.31. The van der Waals surface area contributed by atoms with E-state index in [1.54, 1.807) is 36.4 Å². The van der Waals surface area contributed by atoms with Gasteiger partial charge < -0.3 is 4.84 Å². The van der Waals surface area contributed by atoms with E-state index in [1.807, 2.05) is 0 Å². The number of carbonyl (C=O) groups is 2. The van der Waals surface area contributed by atoms with Gasteiger partial charge in [0.15, 0.2) is 0 Å². The Bertz CT molecular complexity index is 925. The molecule has 0 saturated carbocycles. The summed E-state index contributed by atoms with van der Waals surface area (Å²) in [5.41, 5.74) is 0.942. The van der Waals surface area contributed by atoms with Gasteiger partial charge in [0.1, 0.15) is 11.6 Å². The number of imide groups is 1. The number of para-hydroxylation sites is 1. The molecular formula is C17H11N3O5. The van der Waals surface area contributed by atoms with E-state index in [0.29, 0.717) is 11.3 Å². The molecule has 0 spiro atoms. The van der Waals surface area contributed by atoms with Crippen molar-refractivity contribution in [2.75, 3.05) is 4.90 Å². The predicted molar refractivity (Wildman–Crippen MR) is 86.9 cm³/mol. The predicted octanol–water partition coefficient (Wildman–Crippen LogP) is 1.89. The molecule has 2 aliphatic heterocycles. The van der Waals surface area contributed by atoms with Crippen molar-refractivity contribution >= 4 is 28.9 Å². The van der Waals surface area contributed by atoms with Crippen LogP contribution in [0.3, 0.4) is 0 Å². The summed E-state index contributed by atoms with van der Waals surface area (Å²) in [6.45, 7) is 0. The van der Waals surface area contributed by atoms with Crippen molar-refractivity contribution in [1.29, 1.82) is 0 Å². The highest BCUT2D eigenvalue weighted by atomic mass is 16.7. The van der Waals surface area contributed by atoms with Crippen LogP contribution >= 0.6 is 0 Å². The monoisotopic (exact) mass is 337 g/mol. The van der Waals surface area contributed by atoms with Crippen LogP contribution < -0.4 is 4.90 Å². The van der Waals surface area contributed by atoms with Gasteiger partial charge in [-0.25, -0.2) is 4.90 Å². The number of non-ortho nitro benzene ring substituents is 1. The van der Waals surface area contributed by atoms with Crippen LogP contribution in [0.4, 0.5) is 11.4 Å². The Balaban J connectivity index is 1.71. The summed E-state index contributed by atoms with van der Waals surface area (Å²) in [5, 5.41) is 14.8. The normalized spacial score (nSPS) is 21.8. The first-order chi connectivity index (χ1) is 12.1. The second-order valence-corrected chi connectivity index (χ2v) is 5.64. The Morgan fingerprint density at radius 3 is 2.52 bits per heavy atom. The number of benzene rings is 2. The van der Waals surface area contributed by atoms with E-state index < -0.39 is 28.8 Å². The summed E-state index contributed by atoms with van der Waals surface area (Å²) in [4.78, 5) is 42.0. The van der Waals surface area contributed by atoms with Crippen LogP contribution in [0.5, 0.6) is 0 Å². The van der Waals surface area contributed by atoms with Crippen molar-refractivity contribution in [3.63, 3.8) is 0 Å². The lowest BCUT2D eigenvalue weighted by molar-refractivity contribution is -0.384. The third kappa shape index (κ3) is 2.26. The lowest BCUT2D eigenvalue weighted by Crippen LogP contribution is -2.33. The maximum Gasteiger partial charge on any atom is 0.278 e. The van der Waals surface area contributed by atoms with Gasteiger partial charge >= 0.3 is 0 Å². The van der Waals surface area contributed by atoms with E-state index in [2.05, 4.69) is 5.16 Å². The summed E-state index contributed by atoms with van der Waals surface area (Å²) in [5.74, 6) is -1.86. The number of hydrogen-bond acceptors (Lipinski definition) is 6.